The summed E-state index contributed by atoms with van der Waals surface area (Å²) in [6.45, 7) is 8.45. The minimum Gasteiger partial charge on any atom is -0.246 e. The highest BCUT2D eigenvalue weighted by molar-refractivity contribution is 5.55. The molecule has 0 N–H and O–H groups in total. The van der Waals surface area contributed by atoms with Crippen LogP contribution in [-0.2, 0) is 0 Å². The van der Waals surface area contributed by atoms with Gasteiger partial charge < -0.3 is 0 Å². The van der Waals surface area contributed by atoms with Gasteiger partial charge in [0.2, 0.25) is 0 Å². The van der Waals surface area contributed by atoms with E-state index in [2.05, 4.69) is 23.3 Å². The topological polar surface area (TPSA) is 24.7 Å². The van der Waals surface area contributed by atoms with Crippen molar-refractivity contribution < 1.29 is 0 Å². The molecule has 0 aromatic rings. The van der Waals surface area contributed by atoms with E-state index in [0.717, 1.165) is 0 Å². The van der Waals surface area contributed by atoms with E-state index in [0.29, 0.717) is 5.82 Å². The number of nitrogens with zero attached hydrogens (tertiary/aromatic N) is 2. The minimum atomic E-state index is 0.461. The second-order valence-electron chi connectivity index (χ2n) is 0.962. The largest absolute Gasteiger partial charge is 0.246 e. The van der Waals surface area contributed by atoms with Crippen LogP contribution in [0.25, 0.3) is 0 Å². The van der Waals surface area contributed by atoms with Gasteiger partial charge in [-0.1, -0.05) is 6.58 Å². The molecule has 0 fully saturated rings. The van der Waals surface area contributed by atoms with Crippen molar-refractivity contribution in [1.29, 1.82) is 0 Å². The van der Waals surface area contributed by atoms with E-state index in [1.807, 2.05) is 0 Å². The Labute approximate surface area is 43.3 Å². The highest BCUT2D eigenvalue weighted by Crippen LogP contribution is 1.87. The first-order valence-electron chi connectivity index (χ1n) is 1.95. The molecule has 0 aliphatic carbocycles. The second kappa shape index (κ2) is 3.28. The maximum Gasteiger partial charge on any atom is 0.143 e. The summed E-state index contributed by atoms with van der Waals surface area (Å²) in [6.07, 6.45) is 1.62. The average molecular weight is 96.1 g/mol. The quantitative estimate of drug-likeness (QED) is 0.462. The van der Waals surface area contributed by atoms with Gasteiger partial charge in [0.1, 0.15) is 5.82 Å². The summed E-state index contributed by atoms with van der Waals surface area (Å²) in [7, 11) is 0. The summed E-state index contributed by atoms with van der Waals surface area (Å²) in [4.78, 5) is 7.13. The molecule has 0 saturated carbocycles. The van der Waals surface area contributed by atoms with Crippen LogP contribution in [-0.4, -0.2) is 12.9 Å². The molecule has 2 heteroatoms. The van der Waals surface area contributed by atoms with Crippen LogP contribution in [0.3, 0.4) is 0 Å². The molecule has 0 saturated heterocycles. The smallest absolute Gasteiger partial charge is 0.143 e. The molecule has 0 heterocycles. The summed E-state index contributed by atoms with van der Waals surface area (Å²) in [5, 5.41) is 0. The number of hydrogen-bond acceptors (Lipinski definition) is 2. The van der Waals surface area contributed by atoms with Crippen molar-refractivity contribution >= 4 is 12.9 Å². The van der Waals surface area contributed by atoms with Crippen LogP contribution < -0.4 is 0 Å². The summed E-state index contributed by atoms with van der Waals surface area (Å²) >= 11 is 0. The van der Waals surface area contributed by atoms with E-state index in [1.54, 1.807) is 13.1 Å². The molecule has 0 aliphatic rings. The lowest BCUT2D eigenvalue weighted by Crippen LogP contribution is -1.64. The maximum absolute atomic E-state index is 3.69. The zero-order valence-electron chi connectivity index (χ0n) is 4.39. The van der Waals surface area contributed by atoms with Gasteiger partial charge in [0.15, 0.2) is 0 Å². The zero-order chi connectivity index (χ0) is 5.70. The molecule has 2 nitrogen and oxygen atoms in total. The minimum absolute atomic E-state index is 0.461. The van der Waals surface area contributed by atoms with Crippen LogP contribution in [0.15, 0.2) is 22.4 Å². The third-order valence-corrected chi connectivity index (χ3v) is 0.461. The van der Waals surface area contributed by atoms with E-state index in [1.165, 1.54) is 0 Å². The second-order valence-corrected chi connectivity index (χ2v) is 0.962. The van der Waals surface area contributed by atoms with Gasteiger partial charge >= 0.3 is 0 Å². The molecular formula is C5H8N2. The monoisotopic (exact) mass is 96.1 g/mol. The lowest BCUT2D eigenvalue weighted by atomic mass is 10.8. The van der Waals surface area contributed by atoms with E-state index in [9.17, 15) is 0 Å². The summed E-state index contributed by atoms with van der Waals surface area (Å²) < 4.78 is 0. The average Bonchev–Trinajstić information content (AvgIpc) is 1.68. The van der Waals surface area contributed by atoms with Crippen molar-refractivity contribution in [2.75, 3.05) is 0 Å². The summed E-state index contributed by atoms with van der Waals surface area (Å²) in [5.74, 6) is 0.461. The SMILES string of the molecule is C=NC(=C)N=CC. The van der Waals surface area contributed by atoms with Crippen molar-refractivity contribution in [1.82, 2.24) is 0 Å². The molecule has 7 heavy (non-hydrogen) atoms. The first-order chi connectivity index (χ1) is 3.31. The van der Waals surface area contributed by atoms with E-state index >= 15 is 0 Å². The van der Waals surface area contributed by atoms with Crippen LogP contribution in [0.4, 0.5) is 0 Å². The van der Waals surface area contributed by atoms with Crippen molar-refractivity contribution in [3.8, 4) is 0 Å². The molecule has 0 aromatic heterocycles. The van der Waals surface area contributed by atoms with Gasteiger partial charge in [-0.3, -0.25) is 0 Å². The number of aliphatic imine (C=N–C) groups is 2. The molecule has 0 rings (SSSR count). The Morgan fingerprint density at radius 3 is 2.43 bits per heavy atom. The van der Waals surface area contributed by atoms with Crippen molar-refractivity contribution in [3.63, 3.8) is 0 Å². The molecule has 38 valence electrons. The molecule has 0 atom stereocenters. The zero-order valence-corrected chi connectivity index (χ0v) is 4.39. The highest BCUT2D eigenvalue weighted by atomic mass is 14.9. The fourth-order valence-electron chi connectivity index (χ4n) is 0.190. The Bertz CT molecular complexity index is 103. The van der Waals surface area contributed by atoms with Gasteiger partial charge in [0.05, 0.1) is 0 Å². The van der Waals surface area contributed by atoms with Crippen LogP contribution in [0.1, 0.15) is 6.92 Å². The van der Waals surface area contributed by atoms with Crippen LogP contribution in [0, 0.1) is 0 Å². The highest BCUT2D eigenvalue weighted by Gasteiger charge is 1.70. The van der Waals surface area contributed by atoms with Gasteiger partial charge in [-0.2, -0.15) is 0 Å². The van der Waals surface area contributed by atoms with Gasteiger partial charge in [-0.25, -0.2) is 9.98 Å². The Morgan fingerprint density at radius 1 is 1.71 bits per heavy atom. The molecule has 0 amide bonds. The van der Waals surface area contributed by atoms with Crippen LogP contribution >= 0.6 is 0 Å². The lowest BCUT2D eigenvalue weighted by Gasteiger charge is -1.80. The maximum atomic E-state index is 3.69. The fraction of sp³-hybridized carbons (Fsp3) is 0.200. The molecular weight excluding hydrogens is 88.1 g/mol. The Kier molecular flexibility index (Phi) is 2.85. The first kappa shape index (κ1) is 6.08. The Hall–Kier alpha value is -0.920. The van der Waals surface area contributed by atoms with Crippen LogP contribution in [0.5, 0.6) is 0 Å². The third-order valence-electron chi connectivity index (χ3n) is 0.461. The summed E-state index contributed by atoms with van der Waals surface area (Å²) in [5.41, 5.74) is 0. The molecule has 0 radical (unpaired) electrons. The van der Waals surface area contributed by atoms with Gasteiger partial charge in [0.25, 0.3) is 0 Å². The fourth-order valence-corrected chi connectivity index (χ4v) is 0.190. The Balaban J connectivity index is 3.58. The standard InChI is InChI=1S/C5H8N2/c1-4-7-5(2)6-3/h4H,2-3H2,1H3. The van der Waals surface area contributed by atoms with Crippen molar-refractivity contribution in [2.45, 2.75) is 6.92 Å². The Morgan fingerprint density at radius 2 is 2.29 bits per heavy atom. The van der Waals surface area contributed by atoms with Gasteiger partial charge in [0, 0.05) is 6.21 Å². The molecule has 0 bridgehead atoms. The number of rotatable bonds is 2. The predicted molar refractivity (Wildman–Crippen MR) is 32.9 cm³/mol. The molecule has 0 aromatic carbocycles. The van der Waals surface area contributed by atoms with E-state index in [-0.39, 0.29) is 0 Å². The number of hydrogen-bond donors (Lipinski definition) is 0. The van der Waals surface area contributed by atoms with Crippen LogP contribution in [0.2, 0.25) is 0 Å². The molecule has 0 aliphatic heterocycles. The van der Waals surface area contributed by atoms with E-state index < -0.39 is 0 Å². The lowest BCUT2D eigenvalue weighted by molar-refractivity contribution is 1.28. The molecule has 0 spiro atoms. The normalized spacial score (nSPS) is 9.29. The first-order valence-corrected chi connectivity index (χ1v) is 1.95. The van der Waals surface area contributed by atoms with Gasteiger partial charge in [-0.05, 0) is 13.6 Å². The van der Waals surface area contributed by atoms with E-state index in [4.69, 9.17) is 0 Å². The van der Waals surface area contributed by atoms with Crippen molar-refractivity contribution in [3.05, 3.63) is 12.4 Å². The predicted octanol–water partition coefficient (Wildman–Crippen LogP) is 1.25. The molecule has 0 unspecified atom stereocenters. The van der Waals surface area contributed by atoms with Gasteiger partial charge in [-0.15, -0.1) is 0 Å². The van der Waals surface area contributed by atoms with Crippen molar-refractivity contribution in [2.24, 2.45) is 9.98 Å². The summed E-state index contributed by atoms with van der Waals surface area (Å²) in [6, 6.07) is 0. The third kappa shape index (κ3) is 2.89.